The van der Waals surface area contributed by atoms with Gasteiger partial charge in [0.1, 0.15) is 11.3 Å². The van der Waals surface area contributed by atoms with Crippen molar-refractivity contribution in [3.05, 3.63) is 17.9 Å². The van der Waals surface area contributed by atoms with Crippen molar-refractivity contribution in [1.82, 2.24) is 20.1 Å². The maximum Gasteiger partial charge on any atom is 0.259 e. The lowest BCUT2D eigenvalue weighted by molar-refractivity contribution is -0.0429. The van der Waals surface area contributed by atoms with Gasteiger partial charge < -0.3 is 14.2 Å². The summed E-state index contributed by atoms with van der Waals surface area (Å²) in [6.45, 7) is 3.92. The fourth-order valence-corrected chi connectivity index (χ4v) is 2.17. The van der Waals surface area contributed by atoms with Crippen molar-refractivity contribution in [2.75, 3.05) is 7.11 Å². The third-order valence-corrected chi connectivity index (χ3v) is 3.67. The molecular weight excluding hydrogens is 232 g/mol. The van der Waals surface area contributed by atoms with Crippen LogP contribution in [0.5, 0.6) is 0 Å². The van der Waals surface area contributed by atoms with Crippen molar-refractivity contribution in [3.8, 4) is 11.5 Å². The zero-order chi connectivity index (χ0) is 12.8. The van der Waals surface area contributed by atoms with Gasteiger partial charge in [-0.05, 0) is 32.6 Å². The number of hydrogen-bond acceptors (Lipinski definition) is 5. The molecule has 1 atom stereocenters. The van der Waals surface area contributed by atoms with Gasteiger partial charge in [0.05, 0.1) is 6.33 Å². The molecule has 0 saturated heterocycles. The van der Waals surface area contributed by atoms with Crippen LogP contribution in [0.2, 0.25) is 0 Å². The molecule has 96 valence electrons. The minimum Gasteiger partial charge on any atom is -0.368 e. The molecule has 0 amide bonds. The van der Waals surface area contributed by atoms with Gasteiger partial charge in [0.15, 0.2) is 0 Å². The summed E-state index contributed by atoms with van der Waals surface area (Å²) in [4.78, 5) is 11.6. The van der Waals surface area contributed by atoms with Crippen molar-refractivity contribution < 1.29 is 9.26 Å². The molecule has 1 aliphatic rings. The van der Waals surface area contributed by atoms with Crippen LogP contribution in [0.1, 0.15) is 31.4 Å². The van der Waals surface area contributed by atoms with Crippen molar-refractivity contribution in [2.45, 2.75) is 32.3 Å². The van der Waals surface area contributed by atoms with E-state index in [1.165, 1.54) is 0 Å². The predicted molar refractivity (Wildman–Crippen MR) is 63.7 cm³/mol. The number of rotatable bonds is 4. The Morgan fingerprint density at radius 1 is 1.50 bits per heavy atom. The molecule has 0 aromatic carbocycles. The van der Waals surface area contributed by atoms with Gasteiger partial charge >= 0.3 is 0 Å². The summed E-state index contributed by atoms with van der Waals surface area (Å²) in [6.07, 6.45) is 3.91. The van der Waals surface area contributed by atoms with Crippen LogP contribution < -0.4 is 0 Å². The Hall–Kier alpha value is -1.69. The smallest absolute Gasteiger partial charge is 0.259 e. The Labute approximate surface area is 105 Å². The molecule has 0 radical (unpaired) electrons. The molecule has 1 N–H and O–H groups in total. The summed E-state index contributed by atoms with van der Waals surface area (Å²) in [5, 5.41) is 4.00. The molecular formula is C12H16N4O2. The second kappa shape index (κ2) is 3.91. The number of nitrogens with zero attached hydrogens (tertiary/aromatic N) is 3. The van der Waals surface area contributed by atoms with E-state index in [0.717, 1.165) is 24.2 Å². The molecule has 6 nitrogen and oxygen atoms in total. The topological polar surface area (TPSA) is 76.8 Å². The number of nitrogens with one attached hydrogen (secondary N) is 1. The van der Waals surface area contributed by atoms with Gasteiger partial charge in [0.2, 0.25) is 5.82 Å². The maximum atomic E-state index is 5.58. The molecule has 18 heavy (non-hydrogen) atoms. The van der Waals surface area contributed by atoms with E-state index in [2.05, 4.69) is 20.1 Å². The van der Waals surface area contributed by atoms with Crippen LogP contribution in [0, 0.1) is 12.8 Å². The molecule has 6 heteroatoms. The number of aromatic nitrogens is 4. The fraction of sp³-hybridized carbons (Fsp3) is 0.583. The Morgan fingerprint density at radius 2 is 2.28 bits per heavy atom. The Kier molecular flexibility index (Phi) is 2.48. The lowest BCUT2D eigenvalue weighted by Crippen LogP contribution is -2.27. The number of ether oxygens (including phenoxy) is 1. The van der Waals surface area contributed by atoms with Gasteiger partial charge in [-0.25, -0.2) is 4.98 Å². The summed E-state index contributed by atoms with van der Waals surface area (Å²) in [7, 11) is 1.68. The van der Waals surface area contributed by atoms with E-state index in [1.807, 2.05) is 13.8 Å². The molecule has 0 spiro atoms. The lowest BCUT2D eigenvalue weighted by Gasteiger charge is -2.22. The van der Waals surface area contributed by atoms with Gasteiger partial charge in [0.25, 0.3) is 5.89 Å². The van der Waals surface area contributed by atoms with Crippen LogP contribution in [0.15, 0.2) is 10.9 Å². The maximum absolute atomic E-state index is 5.58. The second-order valence-electron chi connectivity index (χ2n) is 4.88. The number of H-pyrrole nitrogens is 1. The Balaban J connectivity index is 1.96. The van der Waals surface area contributed by atoms with Crippen LogP contribution in [0.4, 0.5) is 0 Å². The highest BCUT2D eigenvalue weighted by atomic mass is 16.5. The van der Waals surface area contributed by atoms with E-state index in [4.69, 9.17) is 9.26 Å². The zero-order valence-electron chi connectivity index (χ0n) is 10.7. The van der Waals surface area contributed by atoms with Crippen LogP contribution in [-0.2, 0) is 10.3 Å². The van der Waals surface area contributed by atoms with E-state index in [9.17, 15) is 0 Å². The molecule has 2 heterocycles. The van der Waals surface area contributed by atoms with Crippen molar-refractivity contribution >= 4 is 0 Å². The standard InChI is InChI=1S/C12H16N4O2/c1-7-9(14-6-13-7)10-15-11(18-16-10)12(2,17-3)8-4-5-8/h6,8H,4-5H2,1-3H3,(H,13,14). The van der Waals surface area contributed by atoms with E-state index < -0.39 is 5.60 Å². The van der Waals surface area contributed by atoms with Gasteiger partial charge in [0, 0.05) is 12.8 Å². The minimum absolute atomic E-state index is 0.469. The van der Waals surface area contributed by atoms with Gasteiger partial charge in [-0.2, -0.15) is 4.98 Å². The molecule has 1 fully saturated rings. The average Bonchev–Trinajstić information content (AvgIpc) is 2.97. The van der Waals surface area contributed by atoms with Crippen LogP contribution in [0.25, 0.3) is 11.5 Å². The van der Waals surface area contributed by atoms with E-state index in [-0.39, 0.29) is 0 Å². The third kappa shape index (κ3) is 1.64. The number of methoxy groups -OCH3 is 1. The largest absolute Gasteiger partial charge is 0.368 e. The molecule has 0 aliphatic heterocycles. The number of aryl methyl sites for hydroxylation is 1. The normalized spacial score (nSPS) is 18.8. The summed E-state index contributed by atoms with van der Waals surface area (Å²) >= 11 is 0. The first kappa shape index (κ1) is 11.4. The first-order valence-corrected chi connectivity index (χ1v) is 6.05. The Morgan fingerprint density at radius 3 is 2.83 bits per heavy atom. The number of aromatic amines is 1. The van der Waals surface area contributed by atoms with Crippen molar-refractivity contribution in [2.24, 2.45) is 5.92 Å². The second-order valence-corrected chi connectivity index (χ2v) is 4.88. The fourth-order valence-electron chi connectivity index (χ4n) is 2.17. The molecule has 2 aromatic rings. The highest BCUT2D eigenvalue weighted by Gasteiger charge is 2.47. The Bertz CT molecular complexity index is 558. The van der Waals surface area contributed by atoms with Gasteiger partial charge in [-0.15, -0.1) is 0 Å². The quantitative estimate of drug-likeness (QED) is 0.895. The molecule has 1 saturated carbocycles. The first-order chi connectivity index (χ1) is 8.65. The van der Waals surface area contributed by atoms with Gasteiger partial charge in [-0.1, -0.05) is 5.16 Å². The highest BCUT2D eigenvalue weighted by molar-refractivity contribution is 5.51. The first-order valence-electron chi connectivity index (χ1n) is 6.05. The van der Waals surface area contributed by atoms with E-state index in [0.29, 0.717) is 17.6 Å². The highest BCUT2D eigenvalue weighted by Crippen LogP contribution is 2.47. The minimum atomic E-state index is -0.477. The zero-order valence-corrected chi connectivity index (χ0v) is 10.7. The summed E-state index contributed by atoms with van der Waals surface area (Å²) < 4.78 is 10.9. The molecule has 1 aliphatic carbocycles. The van der Waals surface area contributed by atoms with Crippen LogP contribution in [-0.4, -0.2) is 27.2 Å². The molecule has 2 aromatic heterocycles. The molecule has 3 rings (SSSR count). The van der Waals surface area contributed by atoms with E-state index >= 15 is 0 Å². The summed E-state index contributed by atoms with van der Waals surface area (Å²) in [5.41, 5.74) is 1.17. The summed E-state index contributed by atoms with van der Waals surface area (Å²) in [6, 6.07) is 0. The van der Waals surface area contributed by atoms with E-state index in [1.54, 1.807) is 13.4 Å². The number of imidazole rings is 1. The summed E-state index contributed by atoms with van der Waals surface area (Å²) in [5.74, 6) is 1.51. The van der Waals surface area contributed by atoms with Gasteiger partial charge in [-0.3, -0.25) is 0 Å². The molecule has 1 unspecified atom stereocenters. The third-order valence-electron chi connectivity index (χ3n) is 3.67. The lowest BCUT2D eigenvalue weighted by atomic mass is 10.0. The van der Waals surface area contributed by atoms with Crippen molar-refractivity contribution in [3.63, 3.8) is 0 Å². The monoisotopic (exact) mass is 248 g/mol. The predicted octanol–water partition coefficient (Wildman–Crippen LogP) is 2.04. The molecule has 0 bridgehead atoms. The SMILES string of the molecule is COC(C)(c1nc(-c2nc[nH]c2C)no1)C1CC1. The van der Waals surface area contributed by atoms with Crippen LogP contribution in [0.3, 0.4) is 0 Å². The number of hydrogen-bond donors (Lipinski definition) is 1. The van der Waals surface area contributed by atoms with Crippen LogP contribution >= 0.6 is 0 Å². The van der Waals surface area contributed by atoms with Crippen molar-refractivity contribution in [1.29, 1.82) is 0 Å². The average molecular weight is 248 g/mol.